The molecule has 11 nitrogen and oxygen atoms in total. The summed E-state index contributed by atoms with van der Waals surface area (Å²) in [7, 11) is 0. The zero-order valence-electron chi connectivity index (χ0n) is 14.9. The van der Waals surface area contributed by atoms with Gasteiger partial charge in [0.2, 0.25) is 11.5 Å². The highest BCUT2D eigenvalue weighted by atomic mass is 16.6. The highest BCUT2D eigenvalue weighted by Crippen LogP contribution is 2.22. The molecule has 2 aromatic heterocycles. The molecule has 1 N–H and O–H groups in total. The van der Waals surface area contributed by atoms with Crippen molar-refractivity contribution in [3.8, 4) is 0 Å². The average molecular weight is 389 g/mol. The summed E-state index contributed by atoms with van der Waals surface area (Å²) in [4.78, 5) is 37.7. The van der Waals surface area contributed by atoms with Gasteiger partial charge in [-0.15, -0.1) is 0 Å². The molecule has 0 aliphatic rings. The topological polar surface area (TPSA) is 165 Å². The van der Waals surface area contributed by atoms with Gasteiger partial charge in [-0.1, -0.05) is 0 Å². The van der Waals surface area contributed by atoms with Crippen LogP contribution in [0.4, 0.5) is 5.88 Å². The van der Waals surface area contributed by atoms with E-state index in [4.69, 9.17) is 23.8 Å². The number of hydrogen-bond acceptors (Lipinski definition) is 9. The van der Waals surface area contributed by atoms with E-state index in [1.165, 1.54) is 38.1 Å². The summed E-state index contributed by atoms with van der Waals surface area (Å²) >= 11 is 0. The lowest BCUT2D eigenvalue weighted by Crippen LogP contribution is -2.13. The number of aliphatic hydroxyl groups excluding tert-OH is 1. The minimum atomic E-state index is -0.843. The third-order valence-corrected chi connectivity index (χ3v) is 3.25. The van der Waals surface area contributed by atoms with E-state index < -0.39 is 17.7 Å². The number of ether oxygens (including phenoxy) is 2. The maximum Gasteiger partial charge on any atom is 0.374 e. The SMILES string of the molecule is CC(=O)/C(=C(/C)O)c1ccc(C(=O)OCCOC(=O)c2ccc(N=[N+]=[N-])o2)o1. The summed E-state index contributed by atoms with van der Waals surface area (Å²) in [5.74, 6) is -2.77. The van der Waals surface area contributed by atoms with Gasteiger partial charge >= 0.3 is 11.9 Å². The number of azide groups is 1. The maximum atomic E-state index is 11.9. The number of nitrogens with zero attached hydrogens (tertiary/aromatic N) is 3. The Hall–Kier alpha value is -3.98. The summed E-state index contributed by atoms with van der Waals surface area (Å²) in [6.07, 6.45) is 0. The van der Waals surface area contributed by atoms with Crippen LogP contribution in [0.25, 0.3) is 16.0 Å². The van der Waals surface area contributed by atoms with Crippen LogP contribution < -0.4 is 0 Å². The first-order valence-electron chi connectivity index (χ1n) is 7.83. The van der Waals surface area contributed by atoms with Crippen molar-refractivity contribution in [3.05, 3.63) is 57.7 Å². The van der Waals surface area contributed by atoms with Gasteiger partial charge < -0.3 is 23.4 Å². The van der Waals surface area contributed by atoms with Crippen molar-refractivity contribution in [2.45, 2.75) is 13.8 Å². The van der Waals surface area contributed by atoms with E-state index in [-0.39, 0.29) is 47.7 Å². The van der Waals surface area contributed by atoms with E-state index in [0.29, 0.717) is 0 Å². The monoisotopic (exact) mass is 389 g/mol. The van der Waals surface area contributed by atoms with E-state index in [2.05, 4.69) is 10.0 Å². The van der Waals surface area contributed by atoms with Crippen molar-refractivity contribution in [3.63, 3.8) is 0 Å². The van der Waals surface area contributed by atoms with Gasteiger partial charge in [-0.05, 0) is 48.8 Å². The molecule has 0 amide bonds. The molecule has 0 radical (unpaired) electrons. The van der Waals surface area contributed by atoms with Gasteiger partial charge in [0.05, 0.1) is 5.57 Å². The Morgan fingerprint density at radius 3 is 2.07 bits per heavy atom. The van der Waals surface area contributed by atoms with Crippen LogP contribution in [-0.2, 0) is 14.3 Å². The van der Waals surface area contributed by atoms with Gasteiger partial charge in [0, 0.05) is 4.91 Å². The Bertz CT molecular complexity index is 974. The van der Waals surface area contributed by atoms with Crippen molar-refractivity contribution in [2.24, 2.45) is 5.11 Å². The molecule has 2 rings (SSSR count). The number of Topliss-reactive ketones (excluding diaryl/α,β-unsaturated/α-hetero) is 1. The molecule has 2 aromatic rings. The fourth-order valence-electron chi connectivity index (χ4n) is 2.13. The van der Waals surface area contributed by atoms with Crippen molar-refractivity contribution >= 4 is 29.2 Å². The molecule has 0 fully saturated rings. The first-order valence-corrected chi connectivity index (χ1v) is 7.83. The Balaban J connectivity index is 1.86. The summed E-state index contributed by atoms with van der Waals surface area (Å²) in [5, 5.41) is 12.7. The van der Waals surface area contributed by atoms with E-state index >= 15 is 0 Å². The number of hydrogen-bond donors (Lipinski definition) is 1. The minimum absolute atomic E-state index is 0.0273. The number of furan rings is 2. The largest absolute Gasteiger partial charge is 0.512 e. The van der Waals surface area contributed by atoms with Gasteiger partial charge in [0.1, 0.15) is 24.7 Å². The standard InChI is InChI=1S/C17H15N3O8/c1-9(21)15(10(2)22)11-3-4-12(27-11)16(23)25-7-8-26-17(24)13-5-6-14(28-13)19-20-18/h3-6,21H,7-8H2,1-2H3/b15-9+. The molecular formula is C17H15N3O8. The number of carbonyl (C=O) groups excluding carboxylic acids is 3. The van der Waals surface area contributed by atoms with E-state index in [1.54, 1.807) is 0 Å². The number of allylic oxidation sites excluding steroid dienone is 2. The number of carbonyl (C=O) groups is 3. The molecule has 2 heterocycles. The van der Waals surface area contributed by atoms with Gasteiger partial charge in [0.15, 0.2) is 11.7 Å². The lowest BCUT2D eigenvalue weighted by Gasteiger charge is -2.04. The molecule has 0 aliphatic carbocycles. The summed E-state index contributed by atoms with van der Waals surface area (Å²) in [6.45, 7) is 2.04. The molecule has 0 unspecified atom stereocenters. The van der Waals surface area contributed by atoms with Crippen LogP contribution in [0.1, 0.15) is 40.7 Å². The predicted molar refractivity (Wildman–Crippen MR) is 92.7 cm³/mol. The third-order valence-electron chi connectivity index (χ3n) is 3.25. The zero-order chi connectivity index (χ0) is 20.7. The highest BCUT2D eigenvalue weighted by molar-refractivity contribution is 6.19. The first-order chi connectivity index (χ1) is 13.3. The predicted octanol–water partition coefficient (Wildman–Crippen LogP) is 3.71. The van der Waals surface area contributed by atoms with Crippen molar-refractivity contribution in [1.29, 1.82) is 0 Å². The number of esters is 2. The van der Waals surface area contributed by atoms with Crippen LogP contribution in [0.15, 0.2) is 44.0 Å². The minimum Gasteiger partial charge on any atom is -0.512 e. The summed E-state index contributed by atoms with van der Waals surface area (Å²) < 4.78 is 19.9. The van der Waals surface area contributed by atoms with Gasteiger partial charge in [0.25, 0.3) is 0 Å². The Morgan fingerprint density at radius 1 is 1.00 bits per heavy atom. The van der Waals surface area contributed by atoms with Crippen molar-refractivity contribution < 1.29 is 37.8 Å². The smallest absolute Gasteiger partial charge is 0.374 e. The molecule has 0 spiro atoms. The van der Waals surface area contributed by atoms with Gasteiger partial charge in [-0.25, -0.2) is 9.59 Å². The Labute approximate surface area is 157 Å². The second kappa shape index (κ2) is 9.10. The first kappa shape index (κ1) is 20.3. The quantitative estimate of drug-likeness (QED) is 0.136. The molecule has 0 bridgehead atoms. The molecular weight excluding hydrogens is 374 g/mol. The van der Waals surface area contributed by atoms with Gasteiger partial charge in [-0.3, -0.25) is 4.79 Å². The van der Waals surface area contributed by atoms with Crippen LogP contribution in [0, 0.1) is 0 Å². The normalized spacial score (nSPS) is 11.2. The van der Waals surface area contributed by atoms with E-state index in [1.807, 2.05) is 0 Å². The zero-order valence-corrected chi connectivity index (χ0v) is 14.9. The van der Waals surface area contributed by atoms with Crippen LogP contribution in [0.2, 0.25) is 0 Å². The van der Waals surface area contributed by atoms with Crippen LogP contribution in [0.5, 0.6) is 0 Å². The summed E-state index contributed by atoms with van der Waals surface area (Å²) in [5.41, 5.74) is 8.22. The molecule has 28 heavy (non-hydrogen) atoms. The van der Waals surface area contributed by atoms with E-state index in [0.717, 1.165) is 0 Å². The average Bonchev–Trinajstić information content (AvgIpc) is 3.28. The lowest BCUT2D eigenvalue weighted by atomic mass is 10.1. The Morgan fingerprint density at radius 2 is 1.54 bits per heavy atom. The van der Waals surface area contributed by atoms with E-state index in [9.17, 15) is 19.5 Å². The second-order valence-electron chi connectivity index (χ2n) is 5.28. The van der Waals surface area contributed by atoms with Crippen LogP contribution >= 0.6 is 0 Å². The molecule has 0 saturated carbocycles. The molecule has 0 saturated heterocycles. The fourth-order valence-corrected chi connectivity index (χ4v) is 2.13. The van der Waals surface area contributed by atoms with Crippen LogP contribution in [0.3, 0.4) is 0 Å². The molecule has 0 aromatic carbocycles. The van der Waals surface area contributed by atoms with Crippen molar-refractivity contribution in [2.75, 3.05) is 13.2 Å². The second-order valence-corrected chi connectivity index (χ2v) is 5.28. The molecule has 0 atom stereocenters. The number of rotatable bonds is 8. The highest BCUT2D eigenvalue weighted by Gasteiger charge is 2.19. The fraction of sp³-hybridized carbons (Fsp3) is 0.235. The van der Waals surface area contributed by atoms with Crippen LogP contribution in [-0.4, -0.2) is 36.0 Å². The maximum absolute atomic E-state index is 11.9. The molecule has 146 valence electrons. The number of aliphatic hydroxyl groups is 1. The molecule has 0 aliphatic heterocycles. The lowest BCUT2D eigenvalue weighted by molar-refractivity contribution is -0.112. The number of ketones is 1. The summed E-state index contributed by atoms with van der Waals surface area (Å²) in [6, 6.07) is 5.20. The third kappa shape index (κ3) is 5.02. The molecule has 11 heteroatoms. The Kier molecular flexibility index (Phi) is 6.61. The van der Waals surface area contributed by atoms with Gasteiger partial charge in [-0.2, -0.15) is 0 Å². The van der Waals surface area contributed by atoms with Crippen molar-refractivity contribution in [1.82, 2.24) is 0 Å².